The number of nitrogens with one attached hydrogen (secondary N) is 2. The molecule has 0 spiro atoms. The van der Waals surface area contributed by atoms with Crippen molar-refractivity contribution in [2.75, 3.05) is 25.5 Å². The van der Waals surface area contributed by atoms with Gasteiger partial charge in [0.15, 0.2) is 5.82 Å². The molecule has 2 rings (SSSR count). The third-order valence-corrected chi connectivity index (χ3v) is 3.05. The van der Waals surface area contributed by atoms with Gasteiger partial charge < -0.3 is 14.7 Å². The average Bonchev–Trinajstić information content (AvgIpc) is 2.96. The first kappa shape index (κ1) is 13.3. The topological polar surface area (TPSA) is 100 Å². The fourth-order valence-electron chi connectivity index (χ4n) is 1.89. The molecule has 1 aromatic rings. The van der Waals surface area contributed by atoms with Gasteiger partial charge in [0.1, 0.15) is 0 Å². The van der Waals surface area contributed by atoms with Crippen LogP contribution >= 0.6 is 0 Å². The molecule has 1 fully saturated rings. The van der Waals surface area contributed by atoms with Crippen molar-refractivity contribution >= 4 is 18.0 Å². The largest absolute Gasteiger partial charge is 0.345 e. The number of amides is 3. The molecule has 1 aliphatic rings. The number of hydrogen-bond donors (Lipinski definition) is 2. The molecule has 0 radical (unpaired) electrons. The molecule has 8 heteroatoms. The van der Waals surface area contributed by atoms with Crippen molar-refractivity contribution in [3.8, 4) is 0 Å². The molecule has 3 amide bonds. The second-order valence-electron chi connectivity index (χ2n) is 4.45. The Morgan fingerprint density at radius 3 is 2.95 bits per heavy atom. The molecule has 19 heavy (non-hydrogen) atoms. The van der Waals surface area contributed by atoms with Crippen LogP contribution in [-0.2, 0) is 11.2 Å². The molecule has 2 N–H and O–H groups in total. The van der Waals surface area contributed by atoms with Crippen molar-refractivity contribution in [2.24, 2.45) is 5.92 Å². The van der Waals surface area contributed by atoms with E-state index >= 15 is 0 Å². The average molecular weight is 267 g/mol. The molecule has 1 aliphatic heterocycles. The first-order valence-electron chi connectivity index (χ1n) is 6.22. The minimum absolute atomic E-state index is 0.0595. The summed E-state index contributed by atoms with van der Waals surface area (Å²) >= 11 is 0. The Labute approximate surface area is 110 Å². The molecule has 0 saturated carbocycles. The van der Waals surface area contributed by atoms with E-state index in [0.29, 0.717) is 18.8 Å². The van der Waals surface area contributed by atoms with Crippen LogP contribution in [0.15, 0.2) is 4.52 Å². The molecule has 8 nitrogen and oxygen atoms in total. The van der Waals surface area contributed by atoms with E-state index in [1.165, 1.54) is 0 Å². The Morgan fingerprint density at radius 1 is 1.58 bits per heavy atom. The van der Waals surface area contributed by atoms with Crippen LogP contribution in [-0.4, -0.2) is 47.1 Å². The van der Waals surface area contributed by atoms with Gasteiger partial charge in [0.2, 0.25) is 5.91 Å². The molecule has 1 unspecified atom stereocenters. The summed E-state index contributed by atoms with van der Waals surface area (Å²) in [7, 11) is 1.76. The van der Waals surface area contributed by atoms with Crippen molar-refractivity contribution in [3.05, 3.63) is 5.82 Å². The Balaban J connectivity index is 1.77. The molecule has 2 heterocycles. The maximum atomic E-state index is 11.6. The summed E-state index contributed by atoms with van der Waals surface area (Å²) in [5.74, 6) is 0.443. The number of rotatable bonds is 4. The third kappa shape index (κ3) is 3.21. The smallest absolute Gasteiger partial charge is 0.329 e. The minimum atomic E-state index is -0.450. The number of urea groups is 1. The molecule has 104 valence electrons. The van der Waals surface area contributed by atoms with E-state index in [2.05, 4.69) is 20.8 Å². The highest BCUT2D eigenvalue weighted by Gasteiger charge is 2.29. The zero-order valence-corrected chi connectivity index (χ0v) is 11.0. The number of anilines is 1. The Kier molecular flexibility index (Phi) is 3.98. The second-order valence-corrected chi connectivity index (χ2v) is 4.45. The van der Waals surface area contributed by atoms with Gasteiger partial charge >= 0.3 is 12.0 Å². The second kappa shape index (κ2) is 5.68. The predicted octanol–water partition coefficient (Wildman–Crippen LogP) is 0.232. The molecule has 1 saturated heterocycles. The number of likely N-dealkylation sites (tertiary alicyclic amines) is 1. The van der Waals surface area contributed by atoms with Gasteiger partial charge in [0.05, 0.1) is 5.92 Å². The van der Waals surface area contributed by atoms with Crippen LogP contribution in [0.25, 0.3) is 0 Å². The van der Waals surface area contributed by atoms with Gasteiger partial charge in [-0.3, -0.25) is 10.1 Å². The minimum Gasteiger partial charge on any atom is -0.345 e. The van der Waals surface area contributed by atoms with Crippen molar-refractivity contribution in [3.63, 3.8) is 0 Å². The summed E-state index contributed by atoms with van der Waals surface area (Å²) in [5.41, 5.74) is 0. The lowest BCUT2D eigenvalue weighted by Crippen LogP contribution is -2.36. The van der Waals surface area contributed by atoms with E-state index < -0.39 is 6.03 Å². The summed E-state index contributed by atoms with van der Waals surface area (Å²) in [4.78, 5) is 28.8. The van der Waals surface area contributed by atoms with Gasteiger partial charge in [-0.15, -0.1) is 0 Å². The number of carbonyl (C=O) groups excluding carboxylic acids is 2. The maximum Gasteiger partial charge on any atom is 0.329 e. The van der Waals surface area contributed by atoms with E-state index in [4.69, 9.17) is 4.52 Å². The van der Waals surface area contributed by atoms with Crippen LogP contribution in [0.4, 0.5) is 10.8 Å². The maximum absolute atomic E-state index is 11.6. The highest BCUT2D eigenvalue weighted by molar-refractivity contribution is 5.87. The van der Waals surface area contributed by atoms with Crippen molar-refractivity contribution in [2.45, 2.75) is 19.8 Å². The fourth-order valence-corrected chi connectivity index (χ4v) is 1.89. The standard InChI is InChI=1S/C11H17N5O3/c1-3-8-13-11(19-15-8)14-10(18)12-6-7-4-5-16(2)9(7)17/h7H,3-6H2,1-2H3,(H2,12,13,14,15,18). The summed E-state index contributed by atoms with van der Waals surface area (Å²) in [5, 5.41) is 8.72. The van der Waals surface area contributed by atoms with Crippen LogP contribution in [0.3, 0.4) is 0 Å². The number of nitrogens with zero attached hydrogens (tertiary/aromatic N) is 3. The van der Waals surface area contributed by atoms with Gasteiger partial charge in [0, 0.05) is 26.6 Å². The van der Waals surface area contributed by atoms with E-state index in [0.717, 1.165) is 13.0 Å². The van der Waals surface area contributed by atoms with Crippen LogP contribution < -0.4 is 10.6 Å². The molecule has 1 atom stereocenters. The first-order chi connectivity index (χ1) is 9.10. The molecule has 1 aromatic heterocycles. The van der Waals surface area contributed by atoms with Gasteiger partial charge in [0.25, 0.3) is 0 Å². The van der Waals surface area contributed by atoms with Crippen LogP contribution in [0.2, 0.25) is 0 Å². The highest BCUT2D eigenvalue weighted by Crippen LogP contribution is 2.15. The van der Waals surface area contributed by atoms with Gasteiger partial charge in [-0.2, -0.15) is 4.98 Å². The molecule has 0 aromatic carbocycles. The van der Waals surface area contributed by atoms with Gasteiger partial charge in [-0.05, 0) is 6.42 Å². The van der Waals surface area contributed by atoms with Crippen LogP contribution in [0.5, 0.6) is 0 Å². The number of aryl methyl sites for hydroxylation is 1. The number of hydrogen-bond acceptors (Lipinski definition) is 5. The predicted molar refractivity (Wildman–Crippen MR) is 66.4 cm³/mol. The highest BCUT2D eigenvalue weighted by atomic mass is 16.5. The van der Waals surface area contributed by atoms with E-state index in [1.54, 1.807) is 11.9 Å². The van der Waals surface area contributed by atoms with E-state index in [9.17, 15) is 9.59 Å². The zero-order chi connectivity index (χ0) is 13.8. The molecular formula is C11H17N5O3. The summed E-state index contributed by atoms with van der Waals surface area (Å²) in [6, 6.07) is -0.391. The number of aromatic nitrogens is 2. The third-order valence-electron chi connectivity index (χ3n) is 3.05. The lowest BCUT2D eigenvalue weighted by molar-refractivity contribution is -0.129. The molecular weight excluding hydrogens is 250 g/mol. The van der Waals surface area contributed by atoms with Gasteiger partial charge in [-0.1, -0.05) is 12.1 Å². The van der Waals surface area contributed by atoms with E-state index in [-0.39, 0.29) is 17.8 Å². The Morgan fingerprint density at radius 2 is 2.37 bits per heavy atom. The summed E-state index contributed by atoms with van der Waals surface area (Å²) in [6.07, 6.45) is 1.39. The fraction of sp³-hybridized carbons (Fsp3) is 0.636. The van der Waals surface area contributed by atoms with Crippen LogP contribution in [0.1, 0.15) is 19.2 Å². The van der Waals surface area contributed by atoms with Crippen LogP contribution in [0, 0.1) is 5.92 Å². The summed E-state index contributed by atoms with van der Waals surface area (Å²) < 4.78 is 4.83. The molecule has 0 bridgehead atoms. The normalized spacial score (nSPS) is 18.7. The van der Waals surface area contributed by atoms with Crippen molar-refractivity contribution < 1.29 is 14.1 Å². The van der Waals surface area contributed by atoms with Crippen molar-refractivity contribution in [1.29, 1.82) is 0 Å². The van der Waals surface area contributed by atoms with Gasteiger partial charge in [-0.25, -0.2) is 4.79 Å². The Bertz CT molecular complexity index is 473. The monoisotopic (exact) mass is 267 g/mol. The summed E-state index contributed by atoms with van der Waals surface area (Å²) in [6.45, 7) is 2.93. The van der Waals surface area contributed by atoms with E-state index in [1.807, 2.05) is 6.92 Å². The zero-order valence-electron chi connectivity index (χ0n) is 11.0. The lowest BCUT2D eigenvalue weighted by atomic mass is 10.1. The molecule has 0 aliphatic carbocycles. The van der Waals surface area contributed by atoms with Crippen molar-refractivity contribution in [1.82, 2.24) is 20.4 Å². The number of carbonyl (C=O) groups is 2. The first-order valence-corrected chi connectivity index (χ1v) is 6.22. The lowest BCUT2D eigenvalue weighted by Gasteiger charge is -2.10. The quantitative estimate of drug-likeness (QED) is 0.813. The SMILES string of the molecule is CCc1noc(NC(=O)NCC2CCN(C)C2=O)n1. The Hall–Kier alpha value is -2.12.